The number of anilines is 2. The lowest BCUT2D eigenvalue weighted by molar-refractivity contribution is 0.483. The predicted octanol–water partition coefficient (Wildman–Crippen LogP) is 15.2. The molecule has 4 bridgehead atoms. The van der Waals surface area contributed by atoms with E-state index in [2.05, 4.69) is 221 Å². The molecule has 1 aliphatic rings. The van der Waals surface area contributed by atoms with Crippen LogP contribution in [0.25, 0.3) is 88.0 Å². The van der Waals surface area contributed by atoms with Crippen LogP contribution in [0.2, 0.25) is 0 Å². The summed E-state index contributed by atoms with van der Waals surface area (Å²) in [5, 5.41) is 7.28. The smallest absolute Gasteiger partial charge is 0.137 e. The Morgan fingerprint density at radius 2 is 1.23 bits per heavy atom. The van der Waals surface area contributed by atoms with Crippen molar-refractivity contribution < 1.29 is 4.74 Å². The molecule has 0 N–H and O–H groups in total. The molecule has 1 aliphatic heterocycles. The van der Waals surface area contributed by atoms with Gasteiger partial charge in [-0.05, 0) is 106 Å². The third-order valence-corrected chi connectivity index (χ3v) is 13.1. The Labute approximate surface area is 370 Å². The first-order chi connectivity index (χ1) is 31.5. The Hall–Kier alpha value is -8.09. The first-order valence-corrected chi connectivity index (χ1v) is 22.2. The second-order valence-corrected chi connectivity index (χ2v) is 17.6. The summed E-state index contributed by atoms with van der Waals surface area (Å²) in [7, 11) is 0. The van der Waals surface area contributed by atoms with Gasteiger partial charge >= 0.3 is 0 Å². The average Bonchev–Trinajstić information content (AvgIpc) is 4.00. The van der Waals surface area contributed by atoms with E-state index in [9.17, 15) is 0 Å². The van der Waals surface area contributed by atoms with Crippen LogP contribution in [0.1, 0.15) is 19.4 Å². The molecule has 0 amide bonds. The van der Waals surface area contributed by atoms with Crippen LogP contribution in [0.5, 0.6) is 11.5 Å². The molecule has 0 atom stereocenters. The minimum Gasteiger partial charge on any atom is -0.457 e. The maximum atomic E-state index is 7.03. The van der Waals surface area contributed by atoms with Gasteiger partial charge in [0.05, 0.1) is 38.8 Å². The predicted molar refractivity (Wildman–Crippen MR) is 265 cm³/mol. The van der Waals surface area contributed by atoms with Crippen molar-refractivity contribution in [1.82, 2.24) is 18.7 Å². The molecule has 0 saturated carbocycles. The lowest BCUT2D eigenvalue weighted by Crippen LogP contribution is -2.14. The first kappa shape index (κ1) is 36.6. The summed E-state index contributed by atoms with van der Waals surface area (Å²) in [5.74, 6) is 2.98. The summed E-state index contributed by atoms with van der Waals surface area (Å²) in [6.07, 6.45) is 2.94. The van der Waals surface area contributed by atoms with Gasteiger partial charge in [-0.25, -0.2) is 4.98 Å². The van der Waals surface area contributed by atoms with E-state index in [4.69, 9.17) is 9.72 Å². The number of pyridine rings is 1. The van der Waals surface area contributed by atoms with Crippen molar-refractivity contribution in [2.45, 2.75) is 26.9 Å². The number of hydrogen-bond acceptors (Lipinski definition) is 3. The maximum Gasteiger partial charge on any atom is 0.137 e. The van der Waals surface area contributed by atoms with Crippen molar-refractivity contribution in [3.8, 4) is 34.1 Å². The molecular formula is C58H43N5O. The summed E-state index contributed by atoms with van der Waals surface area (Å²) in [6, 6.07) is 68.0. The molecule has 0 saturated heterocycles. The molecule has 4 aromatic heterocycles. The molecule has 12 aromatic rings. The van der Waals surface area contributed by atoms with Crippen molar-refractivity contribution in [1.29, 1.82) is 0 Å². The summed E-state index contributed by atoms with van der Waals surface area (Å²) >= 11 is 0. The summed E-state index contributed by atoms with van der Waals surface area (Å²) in [6.45, 7) is 5.17. The summed E-state index contributed by atoms with van der Waals surface area (Å²) in [4.78, 5) is 7.40. The van der Waals surface area contributed by atoms with Gasteiger partial charge in [0.15, 0.2) is 0 Å². The number of rotatable bonds is 8. The summed E-state index contributed by atoms with van der Waals surface area (Å²) < 4.78 is 14.2. The molecule has 5 heterocycles. The van der Waals surface area contributed by atoms with E-state index in [-0.39, 0.29) is 0 Å². The van der Waals surface area contributed by atoms with E-state index in [1.165, 1.54) is 60.0 Å². The quantitative estimate of drug-likeness (QED) is 0.153. The molecule has 0 unspecified atom stereocenters. The molecule has 0 spiro atoms. The third kappa shape index (κ3) is 5.69. The van der Waals surface area contributed by atoms with E-state index < -0.39 is 0 Å². The van der Waals surface area contributed by atoms with Crippen molar-refractivity contribution in [3.05, 3.63) is 200 Å². The van der Waals surface area contributed by atoms with E-state index >= 15 is 0 Å². The molecule has 306 valence electrons. The zero-order valence-electron chi connectivity index (χ0n) is 35.6. The third-order valence-electron chi connectivity index (χ3n) is 13.1. The fourth-order valence-electron chi connectivity index (χ4n) is 10.4. The lowest BCUT2D eigenvalue weighted by Gasteiger charge is -2.21. The Bertz CT molecular complexity index is 3800. The van der Waals surface area contributed by atoms with Crippen molar-refractivity contribution in [2.24, 2.45) is 5.92 Å². The van der Waals surface area contributed by atoms with Gasteiger partial charge in [0.25, 0.3) is 0 Å². The molecular weight excluding hydrogens is 783 g/mol. The fraction of sp³-hybridized carbons (Fsp3) is 0.0862. The van der Waals surface area contributed by atoms with Gasteiger partial charge in [-0.15, -0.1) is 0 Å². The van der Waals surface area contributed by atoms with Crippen LogP contribution in [-0.2, 0) is 13.1 Å². The van der Waals surface area contributed by atoms with Gasteiger partial charge < -0.3 is 18.8 Å². The molecule has 6 heteroatoms. The molecule has 0 radical (unpaired) electrons. The van der Waals surface area contributed by atoms with Gasteiger partial charge in [0, 0.05) is 57.5 Å². The largest absolute Gasteiger partial charge is 0.457 e. The number of ether oxygens (including phenoxy) is 1. The van der Waals surface area contributed by atoms with E-state index in [1.54, 1.807) is 0 Å². The van der Waals surface area contributed by atoms with E-state index in [1.807, 2.05) is 6.20 Å². The van der Waals surface area contributed by atoms with Gasteiger partial charge in [0.2, 0.25) is 0 Å². The fourth-order valence-corrected chi connectivity index (χ4v) is 10.4. The number of hydrogen-bond donors (Lipinski definition) is 0. The lowest BCUT2D eigenvalue weighted by atomic mass is 10.0. The van der Waals surface area contributed by atoms with Crippen LogP contribution in [-0.4, -0.2) is 18.7 Å². The van der Waals surface area contributed by atoms with E-state index in [0.29, 0.717) is 12.6 Å². The minimum atomic E-state index is 0.538. The SMILES string of the molecule is CC(C)Cc1ccnc(-n2c3cccc4c3c3c(cc(Oc5cccc(N6Cn7c8cc(ccc86)c6cccc(c6)c6cccc(-c8ccccc8)c67)c5)cc32)n4-c2ccccc2)c1. The summed E-state index contributed by atoms with van der Waals surface area (Å²) in [5.41, 5.74) is 13.8. The second-order valence-electron chi connectivity index (χ2n) is 17.6. The van der Waals surface area contributed by atoms with E-state index in [0.717, 1.165) is 62.9 Å². The number of nitrogens with zero attached hydrogens (tertiary/aromatic N) is 5. The molecule has 13 rings (SSSR count). The number of aromatic nitrogens is 4. The van der Waals surface area contributed by atoms with Crippen LogP contribution < -0.4 is 9.64 Å². The second kappa shape index (κ2) is 14.2. The molecule has 64 heavy (non-hydrogen) atoms. The van der Waals surface area contributed by atoms with Crippen LogP contribution in [0.15, 0.2) is 194 Å². The number of para-hydroxylation sites is 2. The zero-order valence-corrected chi connectivity index (χ0v) is 35.6. The zero-order chi connectivity index (χ0) is 42.5. The van der Waals surface area contributed by atoms with Crippen LogP contribution >= 0.6 is 0 Å². The highest BCUT2D eigenvalue weighted by molar-refractivity contribution is 6.25. The Morgan fingerprint density at radius 3 is 2.08 bits per heavy atom. The van der Waals surface area contributed by atoms with Crippen LogP contribution in [0.3, 0.4) is 0 Å². The Morgan fingerprint density at radius 1 is 0.531 bits per heavy atom. The van der Waals surface area contributed by atoms with Crippen molar-refractivity contribution in [3.63, 3.8) is 0 Å². The number of fused-ring (bicyclic) bond motifs is 7. The van der Waals surface area contributed by atoms with Gasteiger partial charge in [-0.2, -0.15) is 0 Å². The molecule has 0 aliphatic carbocycles. The first-order valence-electron chi connectivity index (χ1n) is 22.2. The van der Waals surface area contributed by atoms with Crippen molar-refractivity contribution >= 4 is 76.8 Å². The van der Waals surface area contributed by atoms with Crippen LogP contribution in [0.4, 0.5) is 11.4 Å². The Balaban J connectivity index is 0.969. The molecule has 8 aromatic carbocycles. The molecule has 0 fully saturated rings. The highest BCUT2D eigenvalue weighted by Crippen LogP contribution is 2.46. The topological polar surface area (TPSA) is 40.1 Å². The molecule has 6 nitrogen and oxygen atoms in total. The average molecular weight is 826 g/mol. The standard InChI is InChI=1S/C58H43N5O/c1-37(2)29-38-27-28-59-55(30-38)63-51-24-12-23-50-56(51)57-53(62(50)43-17-7-4-8-18-43)34-46(35-54(57)63)64-45-20-10-19-44(33-45)60-36-61-52-32-41(25-26-49(52)60)40-15-9-16-42(31-40)48-22-11-21-47(58(48)61)39-13-5-3-6-14-39/h3-28,30-35,37H,29,36H2,1-2H3. The highest BCUT2D eigenvalue weighted by Gasteiger charge is 2.26. The van der Waals surface area contributed by atoms with Crippen LogP contribution in [0, 0.1) is 5.92 Å². The van der Waals surface area contributed by atoms with Crippen molar-refractivity contribution in [2.75, 3.05) is 4.90 Å². The maximum absolute atomic E-state index is 7.03. The Kier molecular flexibility index (Phi) is 8.13. The number of benzene rings is 8. The van der Waals surface area contributed by atoms with Gasteiger partial charge in [-0.1, -0.05) is 117 Å². The van der Waals surface area contributed by atoms with Gasteiger partial charge in [0.1, 0.15) is 24.0 Å². The minimum absolute atomic E-state index is 0.538. The normalized spacial score (nSPS) is 12.6. The highest BCUT2D eigenvalue weighted by atomic mass is 16.5. The van der Waals surface area contributed by atoms with Gasteiger partial charge in [-0.3, -0.25) is 4.57 Å². The monoisotopic (exact) mass is 825 g/mol.